The topological polar surface area (TPSA) is 77.4 Å². The van der Waals surface area contributed by atoms with E-state index in [-0.39, 0.29) is 33.6 Å². The molecule has 8 heteroatoms. The van der Waals surface area contributed by atoms with Gasteiger partial charge in [-0.25, -0.2) is 8.78 Å². The molecule has 2 aromatic carbocycles. The highest BCUT2D eigenvalue weighted by Crippen LogP contribution is 2.26. The lowest BCUT2D eigenvalue weighted by atomic mass is 9.93. The van der Waals surface area contributed by atoms with Gasteiger partial charge in [0.05, 0.1) is 11.3 Å². The van der Waals surface area contributed by atoms with Gasteiger partial charge in [-0.3, -0.25) is 19.1 Å². The highest BCUT2D eigenvalue weighted by molar-refractivity contribution is 6.31. The number of pyridine rings is 1. The average Bonchev–Trinajstić information content (AvgIpc) is 2.84. The fourth-order valence-electron chi connectivity index (χ4n) is 3.80. The fraction of sp³-hybridized carbons (Fsp3) is 0.179. The van der Waals surface area contributed by atoms with Crippen LogP contribution in [0.1, 0.15) is 52.5 Å². The van der Waals surface area contributed by atoms with Crippen molar-refractivity contribution in [2.45, 2.75) is 33.1 Å². The monoisotopic (exact) mass is 509 g/mol. The van der Waals surface area contributed by atoms with Crippen LogP contribution in [0.3, 0.4) is 0 Å². The number of nitrogens with zero attached hydrogens (tertiary/aromatic N) is 2. The number of carbonyl (C=O) groups is 1. The summed E-state index contributed by atoms with van der Waals surface area (Å²) in [7, 11) is 0. The minimum atomic E-state index is -0.895. The number of benzene rings is 2. The van der Waals surface area contributed by atoms with Crippen LogP contribution in [0.25, 0.3) is 6.20 Å². The number of amides is 1. The summed E-state index contributed by atoms with van der Waals surface area (Å²) >= 11 is 6.47. The molecule has 1 atom stereocenters. The van der Waals surface area contributed by atoms with E-state index in [1.807, 2.05) is 13.0 Å². The number of halogens is 3. The number of hydrogen-bond acceptors (Lipinski definition) is 3. The zero-order valence-corrected chi connectivity index (χ0v) is 20.9. The number of aliphatic imine (C=N–C) groups is 1. The molecule has 0 fully saturated rings. The van der Waals surface area contributed by atoms with Crippen molar-refractivity contribution in [3.8, 4) is 0 Å². The summed E-state index contributed by atoms with van der Waals surface area (Å²) < 4.78 is 29.5. The molecular formula is C28H26ClF2N3O2. The van der Waals surface area contributed by atoms with Crippen LogP contribution in [-0.4, -0.2) is 16.2 Å². The number of primary amides is 1. The fourth-order valence-corrected chi connectivity index (χ4v) is 4.13. The summed E-state index contributed by atoms with van der Waals surface area (Å²) in [5.74, 6) is -2.10. The van der Waals surface area contributed by atoms with Crippen LogP contribution in [0, 0.1) is 18.6 Å². The Morgan fingerprint density at radius 1 is 1.17 bits per heavy atom. The van der Waals surface area contributed by atoms with Crippen LogP contribution in [0.4, 0.5) is 8.78 Å². The molecule has 1 heterocycles. The molecule has 0 aliphatic carbocycles. The van der Waals surface area contributed by atoms with Crippen molar-refractivity contribution in [2.75, 3.05) is 0 Å². The molecule has 3 rings (SSSR count). The Balaban J connectivity index is 1.99. The van der Waals surface area contributed by atoms with Gasteiger partial charge in [-0.05, 0) is 73.7 Å². The maximum Gasteiger partial charge on any atom is 0.273 e. The van der Waals surface area contributed by atoms with E-state index in [1.165, 1.54) is 53.4 Å². The second-order valence-corrected chi connectivity index (χ2v) is 8.68. The maximum absolute atomic E-state index is 14.9. The smallest absolute Gasteiger partial charge is 0.273 e. The minimum Gasteiger partial charge on any atom is -0.366 e. The summed E-state index contributed by atoms with van der Waals surface area (Å²) in [6.07, 6.45) is 6.63. The van der Waals surface area contributed by atoms with Gasteiger partial charge in [-0.1, -0.05) is 42.8 Å². The molecule has 36 heavy (non-hydrogen) atoms. The van der Waals surface area contributed by atoms with E-state index in [9.17, 15) is 18.4 Å². The average molecular weight is 510 g/mol. The normalized spacial score (nSPS) is 13.0. The predicted molar refractivity (Wildman–Crippen MR) is 141 cm³/mol. The molecule has 0 spiro atoms. The second-order valence-electron chi connectivity index (χ2n) is 8.31. The van der Waals surface area contributed by atoms with Gasteiger partial charge in [0.1, 0.15) is 16.7 Å². The number of nitrogens with two attached hydrogens (primary N) is 1. The summed E-state index contributed by atoms with van der Waals surface area (Å²) in [4.78, 5) is 28.9. The van der Waals surface area contributed by atoms with Gasteiger partial charge in [0.2, 0.25) is 0 Å². The third-order valence-electron chi connectivity index (χ3n) is 5.67. The van der Waals surface area contributed by atoms with Gasteiger partial charge in [0.25, 0.3) is 11.5 Å². The van der Waals surface area contributed by atoms with Gasteiger partial charge in [-0.15, -0.1) is 0 Å². The Bertz CT molecular complexity index is 1420. The van der Waals surface area contributed by atoms with Crippen molar-refractivity contribution in [1.82, 2.24) is 4.57 Å². The van der Waals surface area contributed by atoms with Crippen LogP contribution in [0.15, 0.2) is 76.7 Å². The van der Waals surface area contributed by atoms with Gasteiger partial charge in [-0.2, -0.15) is 0 Å². The molecule has 0 radical (unpaired) electrons. The van der Waals surface area contributed by atoms with E-state index in [0.717, 1.165) is 5.56 Å². The molecule has 186 valence electrons. The molecule has 0 bridgehead atoms. The summed E-state index contributed by atoms with van der Waals surface area (Å²) in [6, 6.07) is 12.3. The molecule has 0 aliphatic rings. The first-order valence-corrected chi connectivity index (χ1v) is 11.6. The molecule has 0 aliphatic heterocycles. The molecule has 5 nitrogen and oxygen atoms in total. The lowest BCUT2D eigenvalue weighted by molar-refractivity contribution is 0.0996. The number of carbonyl (C=O) groups excluding carboxylic acids is 1. The Hall–Kier alpha value is -3.84. The third kappa shape index (κ3) is 6.04. The molecule has 2 N–H and O–H groups in total. The number of hydrogen-bond donors (Lipinski definition) is 1. The quantitative estimate of drug-likeness (QED) is 0.376. The van der Waals surface area contributed by atoms with Crippen molar-refractivity contribution in [2.24, 2.45) is 10.7 Å². The van der Waals surface area contributed by atoms with Crippen LogP contribution >= 0.6 is 11.6 Å². The first kappa shape index (κ1) is 26.8. The Kier molecular flexibility index (Phi) is 8.72. The van der Waals surface area contributed by atoms with E-state index in [4.69, 9.17) is 17.3 Å². The third-order valence-corrected chi connectivity index (χ3v) is 6.05. The highest BCUT2D eigenvalue weighted by Gasteiger charge is 2.18. The molecule has 1 unspecified atom stereocenters. The summed E-state index contributed by atoms with van der Waals surface area (Å²) in [6.45, 7) is 5.45. The SMILES string of the molecule is C/C=C/N=C(/C=C/n1c(C)cc(C(C)Cc2ccc(F)cc2)c(Cl)c1=O)c1cccc(C(N)=O)c1F. The van der Waals surface area contributed by atoms with E-state index in [2.05, 4.69) is 4.99 Å². The maximum atomic E-state index is 14.9. The summed E-state index contributed by atoms with van der Waals surface area (Å²) in [5, 5.41) is 0.0636. The van der Waals surface area contributed by atoms with Crippen molar-refractivity contribution in [1.29, 1.82) is 0 Å². The van der Waals surface area contributed by atoms with Crippen LogP contribution < -0.4 is 11.3 Å². The minimum absolute atomic E-state index is 0.0574. The van der Waals surface area contributed by atoms with Gasteiger partial charge < -0.3 is 5.73 Å². The first-order valence-electron chi connectivity index (χ1n) is 11.3. The van der Waals surface area contributed by atoms with E-state index >= 15 is 0 Å². The van der Waals surface area contributed by atoms with Gasteiger partial charge >= 0.3 is 0 Å². The van der Waals surface area contributed by atoms with E-state index < -0.39 is 17.3 Å². The summed E-state index contributed by atoms with van der Waals surface area (Å²) in [5.41, 5.74) is 7.02. The van der Waals surface area contributed by atoms with Crippen molar-refractivity contribution < 1.29 is 13.6 Å². The lowest BCUT2D eigenvalue weighted by Crippen LogP contribution is -2.21. The first-order chi connectivity index (χ1) is 17.1. The van der Waals surface area contributed by atoms with Gasteiger partial charge in [0, 0.05) is 23.7 Å². The standard InChI is InChI=1S/C28H26ClF2N3O2/c1-4-13-33-24(21-6-5-7-22(26(21)31)27(32)35)12-14-34-18(3)16-23(25(29)28(34)36)17(2)15-19-8-10-20(30)11-9-19/h4-14,16-17H,15H2,1-3H3,(H2,32,35)/b13-4+,14-12+,33-24-. The number of rotatable bonds is 8. The van der Waals surface area contributed by atoms with E-state index in [0.29, 0.717) is 17.7 Å². The molecule has 1 amide bonds. The zero-order valence-electron chi connectivity index (χ0n) is 20.1. The molecule has 0 saturated carbocycles. The van der Waals surface area contributed by atoms with Gasteiger partial charge in [0.15, 0.2) is 0 Å². The largest absolute Gasteiger partial charge is 0.366 e. The lowest BCUT2D eigenvalue weighted by Gasteiger charge is -2.16. The van der Waals surface area contributed by atoms with E-state index in [1.54, 1.807) is 32.1 Å². The molecule has 1 aromatic heterocycles. The number of allylic oxidation sites excluding steroid dienone is 2. The van der Waals surface area contributed by atoms with Crippen molar-refractivity contribution in [3.05, 3.63) is 122 Å². The van der Waals surface area contributed by atoms with Crippen molar-refractivity contribution >= 4 is 29.4 Å². The van der Waals surface area contributed by atoms with Crippen LogP contribution in [-0.2, 0) is 6.42 Å². The number of aromatic nitrogens is 1. The second kappa shape index (κ2) is 11.7. The highest BCUT2D eigenvalue weighted by atomic mass is 35.5. The molecular weight excluding hydrogens is 484 g/mol. The van der Waals surface area contributed by atoms with Crippen LogP contribution in [0.2, 0.25) is 5.02 Å². The zero-order chi connectivity index (χ0) is 26.4. The Morgan fingerprint density at radius 2 is 1.83 bits per heavy atom. The Labute approximate surface area is 213 Å². The van der Waals surface area contributed by atoms with Crippen LogP contribution in [0.5, 0.6) is 0 Å². The number of aryl methyl sites for hydroxylation is 1. The predicted octanol–water partition coefficient (Wildman–Crippen LogP) is 6.03. The Morgan fingerprint density at radius 3 is 2.47 bits per heavy atom. The van der Waals surface area contributed by atoms with Crippen molar-refractivity contribution in [3.63, 3.8) is 0 Å². The molecule has 0 saturated heterocycles. The molecule has 3 aromatic rings.